The van der Waals surface area contributed by atoms with Crippen molar-refractivity contribution in [2.75, 3.05) is 6.54 Å². The first-order valence-corrected chi connectivity index (χ1v) is 5.22. The zero-order valence-corrected chi connectivity index (χ0v) is 10.1. The lowest BCUT2D eigenvalue weighted by Crippen LogP contribution is -2.37. The maximum Gasteiger partial charge on any atom is 0.258 e. The predicted molar refractivity (Wildman–Crippen MR) is 60.0 cm³/mol. The van der Waals surface area contributed by atoms with Crippen molar-refractivity contribution in [2.45, 2.75) is 33.7 Å². The van der Waals surface area contributed by atoms with E-state index in [1.54, 1.807) is 19.9 Å². The van der Waals surface area contributed by atoms with Gasteiger partial charge >= 0.3 is 0 Å². The van der Waals surface area contributed by atoms with Gasteiger partial charge in [-0.1, -0.05) is 0 Å². The number of furan rings is 1. The summed E-state index contributed by atoms with van der Waals surface area (Å²) in [7, 11) is 0. The Hall–Kier alpha value is -1.76. The van der Waals surface area contributed by atoms with Crippen molar-refractivity contribution < 1.29 is 9.21 Å². The Kier molecular flexibility index (Phi) is 3.73. The van der Waals surface area contributed by atoms with Crippen LogP contribution in [0.3, 0.4) is 0 Å². The van der Waals surface area contributed by atoms with Crippen molar-refractivity contribution in [2.24, 2.45) is 0 Å². The van der Waals surface area contributed by atoms with Crippen LogP contribution in [0, 0.1) is 25.2 Å². The smallest absolute Gasteiger partial charge is 0.258 e. The summed E-state index contributed by atoms with van der Waals surface area (Å²) in [6.07, 6.45) is 0. The van der Waals surface area contributed by atoms with Crippen LogP contribution >= 0.6 is 0 Å². The molecule has 0 saturated heterocycles. The highest BCUT2D eigenvalue weighted by atomic mass is 16.3. The van der Waals surface area contributed by atoms with Crippen LogP contribution in [-0.2, 0) is 0 Å². The second-order valence-corrected chi connectivity index (χ2v) is 4.01. The summed E-state index contributed by atoms with van der Waals surface area (Å²) >= 11 is 0. The van der Waals surface area contributed by atoms with Gasteiger partial charge in [-0.25, -0.2) is 0 Å². The van der Waals surface area contributed by atoms with Gasteiger partial charge in [-0.3, -0.25) is 4.79 Å². The molecule has 4 heteroatoms. The molecular weight excluding hydrogens is 204 g/mol. The second-order valence-electron chi connectivity index (χ2n) is 4.01. The van der Waals surface area contributed by atoms with Gasteiger partial charge in [0.2, 0.25) is 0 Å². The van der Waals surface area contributed by atoms with E-state index in [2.05, 4.69) is 0 Å². The number of carbonyl (C=O) groups excluding carboxylic acids is 1. The predicted octanol–water partition coefficient (Wildman–Crippen LogP) is 2.27. The standard InChI is InChI=1S/C12H16N2O2/c1-8(2)14(6-5-13)12(15)11-7-9(3)16-10(11)4/h7-8H,6H2,1-4H3. The number of amides is 1. The molecule has 1 heterocycles. The fraction of sp³-hybridized carbons (Fsp3) is 0.500. The van der Waals surface area contributed by atoms with Gasteiger partial charge < -0.3 is 9.32 Å². The summed E-state index contributed by atoms with van der Waals surface area (Å²) in [6.45, 7) is 7.42. The van der Waals surface area contributed by atoms with Crippen molar-refractivity contribution in [3.63, 3.8) is 0 Å². The molecule has 0 radical (unpaired) electrons. The molecule has 0 saturated carbocycles. The zero-order valence-electron chi connectivity index (χ0n) is 10.1. The number of hydrogen-bond donors (Lipinski definition) is 0. The number of aryl methyl sites for hydroxylation is 2. The molecule has 4 nitrogen and oxygen atoms in total. The molecule has 0 aliphatic rings. The van der Waals surface area contributed by atoms with E-state index >= 15 is 0 Å². The van der Waals surface area contributed by atoms with Crippen LogP contribution in [-0.4, -0.2) is 23.4 Å². The molecule has 0 spiro atoms. The highest BCUT2D eigenvalue weighted by molar-refractivity contribution is 5.95. The van der Waals surface area contributed by atoms with Gasteiger partial charge in [-0.05, 0) is 33.8 Å². The number of nitriles is 1. The molecule has 1 amide bonds. The summed E-state index contributed by atoms with van der Waals surface area (Å²) < 4.78 is 5.31. The van der Waals surface area contributed by atoms with Gasteiger partial charge in [0.25, 0.3) is 5.91 Å². The lowest BCUT2D eigenvalue weighted by atomic mass is 10.2. The highest BCUT2D eigenvalue weighted by Crippen LogP contribution is 2.17. The largest absolute Gasteiger partial charge is 0.466 e. The minimum Gasteiger partial charge on any atom is -0.466 e. The molecule has 86 valence electrons. The zero-order chi connectivity index (χ0) is 12.3. The van der Waals surface area contributed by atoms with Crippen LogP contribution < -0.4 is 0 Å². The van der Waals surface area contributed by atoms with E-state index in [0.717, 1.165) is 0 Å². The molecule has 0 atom stereocenters. The Morgan fingerprint density at radius 1 is 1.56 bits per heavy atom. The number of carbonyl (C=O) groups is 1. The van der Waals surface area contributed by atoms with Gasteiger partial charge in [0.05, 0.1) is 11.6 Å². The Bertz CT molecular complexity index is 427. The molecule has 0 fully saturated rings. The van der Waals surface area contributed by atoms with Gasteiger partial charge in [0.1, 0.15) is 18.1 Å². The molecule has 0 unspecified atom stereocenters. The summed E-state index contributed by atoms with van der Waals surface area (Å²) in [4.78, 5) is 13.7. The second kappa shape index (κ2) is 4.84. The molecule has 0 aliphatic heterocycles. The van der Waals surface area contributed by atoms with Crippen molar-refractivity contribution in [1.82, 2.24) is 4.90 Å². The van der Waals surface area contributed by atoms with Crippen LogP contribution in [0.25, 0.3) is 0 Å². The fourth-order valence-electron chi connectivity index (χ4n) is 1.56. The van der Waals surface area contributed by atoms with Crippen molar-refractivity contribution in [3.05, 3.63) is 23.2 Å². The van der Waals surface area contributed by atoms with E-state index < -0.39 is 0 Å². The maximum atomic E-state index is 12.1. The molecule has 0 aliphatic carbocycles. The van der Waals surface area contributed by atoms with Gasteiger partial charge in [0.15, 0.2) is 0 Å². The van der Waals surface area contributed by atoms with Crippen LogP contribution in [0.1, 0.15) is 35.7 Å². The number of nitrogens with zero attached hydrogens (tertiary/aromatic N) is 2. The molecule has 0 N–H and O–H groups in total. The lowest BCUT2D eigenvalue weighted by Gasteiger charge is -2.23. The van der Waals surface area contributed by atoms with Gasteiger partial charge in [-0.2, -0.15) is 5.26 Å². The third-order valence-electron chi connectivity index (χ3n) is 2.40. The average molecular weight is 220 g/mol. The quantitative estimate of drug-likeness (QED) is 0.734. The summed E-state index contributed by atoms with van der Waals surface area (Å²) in [5.74, 6) is 1.17. The van der Waals surface area contributed by atoms with Crippen molar-refractivity contribution in [3.8, 4) is 6.07 Å². The molecule has 16 heavy (non-hydrogen) atoms. The molecule has 1 aromatic rings. The van der Waals surface area contributed by atoms with Crippen molar-refractivity contribution in [1.29, 1.82) is 5.26 Å². The van der Waals surface area contributed by atoms with Crippen LogP contribution in [0.15, 0.2) is 10.5 Å². The van der Waals surface area contributed by atoms with Crippen LogP contribution in [0.2, 0.25) is 0 Å². The average Bonchev–Trinajstić information content (AvgIpc) is 2.53. The van der Waals surface area contributed by atoms with E-state index in [-0.39, 0.29) is 18.5 Å². The van der Waals surface area contributed by atoms with Crippen molar-refractivity contribution >= 4 is 5.91 Å². The summed E-state index contributed by atoms with van der Waals surface area (Å²) in [5, 5.41) is 8.69. The maximum absolute atomic E-state index is 12.1. The third kappa shape index (κ3) is 2.43. The first-order chi connectivity index (χ1) is 7.47. The molecule has 0 aromatic carbocycles. The van der Waals surface area contributed by atoms with E-state index in [9.17, 15) is 4.79 Å². The van der Waals surface area contributed by atoms with Crippen LogP contribution in [0.4, 0.5) is 0 Å². The first-order valence-electron chi connectivity index (χ1n) is 5.22. The van der Waals surface area contributed by atoms with E-state index in [0.29, 0.717) is 17.1 Å². The Balaban J connectivity index is 3.00. The normalized spacial score (nSPS) is 10.2. The third-order valence-corrected chi connectivity index (χ3v) is 2.40. The minimum absolute atomic E-state index is 0.00163. The summed E-state index contributed by atoms with van der Waals surface area (Å²) in [5.41, 5.74) is 0.543. The summed E-state index contributed by atoms with van der Waals surface area (Å²) in [6, 6.07) is 3.71. The first kappa shape index (κ1) is 12.3. The number of rotatable bonds is 3. The van der Waals surface area contributed by atoms with E-state index in [4.69, 9.17) is 9.68 Å². The van der Waals surface area contributed by atoms with E-state index in [1.165, 1.54) is 4.90 Å². The molecule has 1 rings (SSSR count). The Morgan fingerprint density at radius 2 is 2.19 bits per heavy atom. The number of hydrogen-bond acceptors (Lipinski definition) is 3. The van der Waals surface area contributed by atoms with E-state index in [1.807, 2.05) is 19.9 Å². The van der Waals surface area contributed by atoms with Crippen LogP contribution in [0.5, 0.6) is 0 Å². The van der Waals surface area contributed by atoms with Gasteiger partial charge in [-0.15, -0.1) is 0 Å². The topological polar surface area (TPSA) is 57.2 Å². The molecule has 1 aromatic heterocycles. The Labute approximate surface area is 95.5 Å². The monoisotopic (exact) mass is 220 g/mol. The lowest BCUT2D eigenvalue weighted by molar-refractivity contribution is 0.0729. The minimum atomic E-state index is -0.147. The Morgan fingerprint density at radius 3 is 2.56 bits per heavy atom. The molecule has 0 bridgehead atoms. The highest BCUT2D eigenvalue weighted by Gasteiger charge is 2.22. The molecular formula is C12H16N2O2. The van der Waals surface area contributed by atoms with Gasteiger partial charge in [0, 0.05) is 6.04 Å². The SMILES string of the molecule is Cc1cc(C(=O)N(CC#N)C(C)C)c(C)o1. The fourth-order valence-corrected chi connectivity index (χ4v) is 1.56.